The summed E-state index contributed by atoms with van der Waals surface area (Å²) in [6, 6.07) is 0. The predicted octanol–water partition coefficient (Wildman–Crippen LogP) is -1.06. The Morgan fingerprint density at radius 1 is 1.67 bits per heavy atom. The van der Waals surface area contributed by atoms with Gasteiger partial charge in [-0.1, -0.05) is 15.9 Å². The number of aromatic nitrogens is 2. The number of aliphatic hydroxyl groups excluding tert-OH is 2. The Balaban J connectivity index is 2.63. The number of hydrogen-bond acceptors (Lipinski definition) is 5. The molecule has 2 heterocycles. The average molecular weight is 433 g/mol. The molecule has 0 spiro atoms. The molecule has 1 aliphatic heterocycles. The molecular formula is C9H10BrIN2O5. The van der Waals surface area contributed by atoms with Gasteiger partial charge in [-0.2, -0.15) is 0 Å². The van der Waals surface area contributed by atoms with Crippen LogP contribution in [-0.4, -0.2) is 43.9 Å². The van der Waals surface area contributed by atoms with Gasteiger partial charge in [0.1, 0.15) is 0 Å². The van der Waals surface area contributed by atoms with Crippen LogP contribution in [0.1, 0.15) is 0 Å². The van der Waals surface area contributed by atoms with Gasteiger partial charge in [-0.25, -0.2) is 4.79 Å². The molecule has 0 saturated carbocycles. The van der Waals surface area contributed by atoms with Crippen molar-refractivity contribution in [2.75, 3.05) is 13.2 Å². The summed E-state index contributed by atoms with van der Waals surface area (Å²) in [6.07, 6.45) is 0.443. The van der Waals surface area contributed by atoms with Crippen molar-refractivity contribution in [3.05, 3.63) is 30.6 Å². The van der Waals surface area contributed by atoms with Crippen LogP contribution >= 0.6 is 38.5 Å². The number of ether oxygens (including phenoxy) is 1. The summed E-state index contributed by atoms with van der Waals surface area (Å²) >= 11 is 4.98. The summed E-state index contributed by atoms with van der Waals surface area (Å²) < 4.78 is 6.74. The standard InChI is InChI=1S/C9H10BrIN2O5/c10-6-5(15)2-18-9(6,3-14)13-1-4(11)7(16)12-8(13)17/h1,5-6,14-15H,2-3H2,(H,12,16,17)/t5-,6+,9-/m0/s1. The van der Waals surface area contributed by atoms with E-state index in [4.69, 9.17) is 4.74 Å². The lowest BCUT2D eigenvalue weighted by Crippen LogP contribution is -2.52. The second-order valence-corrected chi connectivity index (χ2v) is 6.04. The summed E-state index contributed by atoms with van der Waals surface area (Å²) in [5.41, 5.74) is -2.62. The summed E-state index contributed by atoms with van der Waals surface area (Å²) in [5, 5.41) is 19.2. The molecule has 2 rings (SSSR count). The van der Waals surface area contributed by atoms with Crippen LogP contribution in [0.4, 0.5) is 0 Å². The third kappa shape index (κ3) is 2.07. The Bertz CT molecular complexity index is 573. The second kappa shape index (κ2) is 5.04. The van der Waals surface area contributed by atoms with E-state index in [1.165, 1.54) is 6.20 Å². The van der Waals surface area contributed by atoms with Gasteiger partial charge in [-0.3, -0.25) is 14.3 Å². The summed E-state index contributed by atoms with van der Waals surface area (Å²) in [6.45, 7) is -0.527. The fourth-order valence-corrected chi connectivity index (χ4v) is 2.90. The second-order valence-electron chi connectivity index (χ2n) is 3.89. The molecule has 3 atom stereocenters. The molecule has 0 radical (unpaired) electrons. The molecule has 0 unspecified atom stereocenters. The van der Waals surface area contributed by atoms with Gasteiger partial charge in [0.15, 0.2) is 5.72 Å². The molecule has 0 amide bonds. The molecule has 1 aromatic heterocycles. The highest BCUT2D eigenvalue weighted by atomic mass is 127. The predicted molar refractivity (Wildman–Crippen MR) is 73.8 cm³/mol. The minimum atomic E-state index is -1.42. The first kappa shape index (κ1) is 14.2. The average Bonchev–Trinajstić information content (AvgIpc) is 2.62. The summed E-state index contributed by atoms with van der Waals surface area (Å²) in [7, 11) is 0. The van der Waals surface area contributed by atoms with Crippen LogP contribution in [0.5, 0.6) is 0 Å². The monoisotopic (exact) mass is 432 g/mol. The van der Waals surface area contributed by atoms with Crippen LogP contribution in [0.15, 0.2) is 15.8 Å². The number of hydrogen-bond donors (Lipinski definition) is 3. The Morgan fingerprint density at radius 3 is 2.83 bits per heavy atom. The molecular weight excluding hydrogens is 423 g/mol. The first-order valence-electron chi connectivity index (χ1n) is 5.01. The maximum absolute atomic E-state index is 11.8. The fraction of sp³-hybridized carbons (Fsp3) is 0.556. The zero-order valence-electron chi connectivity index (χ0n) is 8.97. The molecule has 0 bridgehead atoms. The lowest BCUT2D eigenvalue weighted by Gasteiger charge is -2.31. The highest BCUT2D eigenvalue weighted by Gasteiger charge is 2.50. The van der Waals surface area contributed by atoms with Gasteiger partial charge in [-0.05, 0) is 22.6 Å². The van der Waals surface area contributed by atoms with Crippen LogP contribution in [0.2, 0.25) is 0 Å². The maximum atomic E-state index is 11.8. The van der Waals surface area contributed by atoms with Crippen LogP contribution in [0.3, 0.4) is 0 Å². The van der Waals surface area contributed by atoms with Crippen molar-refractivity contribution in [2.45, 2.75) is 16.7 Å². The fourth-order valence-electron chi connectivity index (χ4n) is 1.83. The lowest BCUT2D eigenvalue weighted by atomic mass is 10.1. The largest absolute Gasteiger partial charge is 0.391 e. The quantitative estimate of drug-likeness (QED) is 0.408. The first-order valence-corrected chi connectivity index (χ1v) is 7.00. The van der Waals surface area contributed by atoms with E-state index in [1.807, 2.05) is 0 Å². The number of halogens is 2. The van der Waals surface area contributed by atoms with Crippen molar-refractivity contribution in [1.82, 2.24) is 9.55 Å². The van der Waals surface area contributed by atoms with E-state index in [1.54, 1.807) is 22.6 Å². The van der Waals surface area contributed by atoms with Crippen LogP contribution in [0.25, 0.3) is 0 Å². The molecule has 1 saturated heterocycles. The van der Waals surface area contributed by atoms with Crippen molar-refractivity contribution in [2.24, 2.45) is 0 Å². The number of alkyl halides is 1. The number of rotatable bonds is 2. The molecule has 3 N–H and O–H groups in total. The van der Waals surface area contributed by atoms with Gasteiger partial charge in [-0.15, -0.1) is 0 Å². The number of aromatic amines is 1. The molecule has 1 aliphatic rings. The Labute approximate surface area is 123 Å². The van der Waals surface area contributed by atoms with E-state index in [2.05, 4.69) is 20.9 Å². The third-order valence-corrected chi connectivity index (χ3v) is 4.90. The van der Waals surface area contributed by atoms with Crippen molar-refractivity contribution < 1.29 is 14.9 Å². The lowest BCUT2D eigenvalue weighted by molar-refractivity contribution is -0.0986. The molecule has 100 valence electrons. The van der Waals surface area contributed by atoms with Crippen molar-refractivity contribution >= 4 is 38.5 Å². The molecule has 18 heavy (non-hydrogen) atoms. The van der Waals surface area contributed by atoms with E-state index in [0.29, 0.717) is 0 Å². The molecule has 0 aromatic carbocycles. The molecule has 9 heteroatoms. The van der Waals surface area contributed by atoms with Crippen molar-refractivity contribution in [3.8, 4) is 0 Å². The Hall–Kier alpha value is -0.230. The minimum Gasteiger partial charge on any atom is -0.391 e. The zero-order valence-corrected chi connectivity index (χ0v) is 12.7. The highest BCUT2D eigenvalue weighted by molar-refractivity contribution is 14.1. The normalized spacial score (nSPS) is 31.8. The van der Waals surface area contributed by atoms with E-state index >= 15 is 0 Å². The number of nitrogens with zero attached hydrogens (tertiary/aromatic N) is 1. The van der Waals surface area contributed by atoms with Gasteiger partial charge in [0.05, 0.1) is 27.7 Å². The van der Waals surface area contributed by atoms with Crippen molar-refractivity contribution in [3.63, 3.8) is 0 Å². The summed E-state index contributed by atoms with van der Waals surface area (Å²) in [4.78, 5) is 24.6. The van der Waals surface area contributed by atoms with Crippen LogP contribution in [-0.2, 0) is 10.5 Å². The summed E-state index contributed by atoms with van der Waals surface area (Å²) in [5.74, 6) is 0. The molecule has 1 fully saturated rings. The molecule has 1 aromatic rings. The van der Waals surface area contributed by atoms with Gasteiger partial charge >= 0.3 is 5.69 Å². The first-order chi connectivity index (χ1) is 8.42. The number of H-pyrrole nitrogens is 1. The number of aliphatic hydroxyl groups is 2. The zero-order chi connectivity index (χ0) is 13.5. The van der Waals surface area contributed by atoms with E-state index < -0.39 is 34.5 Å². The SMILES string of the molecule is O=c1[nH]c(=O)n([C@@]2(CO)OC[C@H](O)[C@H]2Br)cc1I. The van der Waals surface area contributed by atoms with Crippen molar-refractivity contribution in [1.29, 1.82) is 0 Å². The van der Waals surface area contributed by atoms with Gasteiger partial charge < -0.3 is 14.9 Å². The minimum absolute atomic E-state index is 0.0153. The molecule has 7 nitrogen and oxygen atoms in total. The maximum Gasteiger partial charge on any atom is 0.330 e. The van der Waals surface area contributed by atoms with Gasteiger partial charge in [0, 0.05) is 6.20 Å². The smallest absolute Gasteiger partial charge is 0.330 e. The van der Waals surface area contributed by atoms with Gasteiger partial charge in [0.2, 0.25) is 0 Å². The van der Waals surface area contributed by atoms with E-state index in [0.717, 1.165) is 4.57 Å². The van der Waals surface area contributed by atoms with E-state index in [-0.39, 0.29) is 10.2 Å². The number of nitrogens with one attached hydrogen (secondary N) is 1. The third-order valence-electron chi connectivity index (χ3n) is 2.81. The molecule has 0 aliphatic carbocycles. The van der Waals surface area contributed by atoms with E-state index in [9.17, 15) is 19.8 Å². The topological polar surface area (TPSA) is 105 Å². The Kier molecular flexibility index (Phi) is 3.97. The van der Waals surface area contributed by atoms with Gasteiger partial charge in [0.25, 0.3) is 5.56 Å². The highest BCUT2D eigenvalue weighted by Crippen LogP contribution is 2.35. The van der Waals surface area contributed by atoms with Crippen LogP contribution in [0, 0.1) is 3.57 Å². The van der Waals surface area contributed by atoms with Crippen LogP contribution < -0.4 is 11.2 Å². The Morgan fingerprint density at radius 2 is 2.33 bits per heavy atom.